The summed E-state index contributed by atoms with van der Waals surface area (Å²) in [5.41, 5.74) is 0.531. The predicted octanol–water partition coefficient (Wildman–Crippen LogP) is 5.36. The zero-order chi connectivity index (χ0) is 15.2. The Morgan fingerprint density at radius 1 is 1.10 bits per heavy atom. The molecular weight excluding hydrogens is 311 g/mol. The maximum atomic E-state index is 12.2. The predicted molar refractivity (Wildman–Crippen MR) is 82.5 cm³/mol. The van der Waals surface area contributed by atoms with Crippen LogP contribution in [0.5, 0.6) is 0 Å². The Kier molecular flexibility index (Phi) is 5.09. The SMILES string of the molecule is O=C(C(=CO)N=Nc1ccccc1)c1ccc(Cl)cc1Cl. The van der Waals surface area contributed by atoms with Crippen molar-refractivity contribution in [2.24, 2.45) is 10.2 Å². The molecule has 21 heavy (non-hydrogen) atoms. The summed E-state index contributed by atoms with van der Waals surface area (Å²) in [7, 11) is 0. The van der Waals surface area contributed by atoms with E-state index in [1.165, 1.54) is 18.2 Å². The molecule has 0 atom stereocenters. The van der Waals surface area contributed by atoms with Gasteiger partial charge >= 0.3 is 0 Å². The zero-order valence-electron chi connectivity index (χ0n) is 10.7. The number of ketones is 1. The van der Waals surface area contributed by atoms with E-state index in [-0.39, 0.29) is 16.3 Å². The molecule has 106 valence electrons. The van der Waals surface area contributed by atoms with Crippen LogP contribution >= 0.6 is 23.2 Å². The van der Waals surface area contributed by atoms with Gasteiger partial charge in [-0.15, -0.1) is 5.11 Å². The number of aliphatic hydroxyl groups is 1. The number of rotatable bonds is 4. The molecule has 0 radical (unpaired) electrons. The fourth-order valence-corrected chi connectivity index (χ4v) is 2.04. The molecule has 0 saturated carbocycles. The highest BCUT2D eigenvalue weighted by atomic mass is 35.5. The van der Waals surface area contributed by atoms with E-state index in [2.05, 4.69) is 10.2 Å². The lowest BCUT2D eigenvalue weighted by molar-refractivity contribution is 0.102. The van der Waals surface area contributed by atoms with Gasteiger partial charge in [0.15, 0.2) is 5.70 Å². The van der Waals surface area contributed by atoms with Crippen molar-refractivity contribution in [3.8, 4) is 0 Å². The molecule has 0 aromatic heterocycles. The van der Waals surface area contributed by atoms with Crippen molar-refractivity contribution in [2.75, 3.05) is 0 Å². The van der Waals surface area contributed by atoms with Crippen LogP contribution in [0.3, 0.4) is 0 Å². The largest absolute Gasteiger partial charge is 0.513 e. The number of allylic oxidation sites excluding steroid dienone is 1. The summed E-state index contributed by atoms with van der Waals surface area (Å²) in [6.45, 7) is 0. The van der Waals surface area contributed by atoms with Crippen molar-refractivity contribution >= 4 is 34.7 Å². The van der Waals surface area contributed by atoms with E-state index in [0.29, 0.717) is 17.0 Å². The molecule has 0 aliphatic heterocycles. The molecule has 6 heteroatoms. The van der Waals surface area contributed by atoms with E-state index in [9.17, 15) is 9.90 Å². The fraction of sp³-hybridized carbons (Fsp3) is 0. The van der Waals surface area contributed by atoms with Gasteiger partial charge in [-0.3, -0.25) is 4.79 Å². The normalized spacial score (nSPS) is 11.8. The molecular formula is C15H10Cl2N2O2. The molecule has 0 bridgehead atoms. The van der Waals surface area contributed by atoms with Gasteiger partial charge in [-0.2, -0.15) is 5.11 Å². The lowest BCUT2D eigenvalue weighted by atomic mass is 10.1. The zero-order valence-corrected chi connectivity index (χ0v) is 12.2. The van der Waals surface area contributed by atoms with Crippen molar-refractivity contribution in [2.45, 2.75) is 0 Å². The number of azo groups is 1. The molecule has 2 rings (SSSR count). The molecule has 2 aromatic rings. The third kappa shape index (κ3) is 3.90. The Hall–Kier alpha value is -2.17. The first-order valence-corrected chi connectivity index (χ1v) is 6.68. The number of Topliss-reactive ketones (excluding diaryl/α,β-unsaturated/α-hetero) is 1. The van der Waals surface area contributed by atoms with Gasteiger partial charge < -0.3 is 5.11 Å². The minimum absolute atomic E-state index is 0.182. The molecule has 1 N–H and O–H groups in total. The summed E-state index contributed by atoms with van der Waals surface area (Å²) in [5.74, 6) is -0.543. The molecule has 0 aliphatic rings. The third-order valence-electron chi connectivity index (χ3n) is 2.56. The number of carbonyl (C=O) groups is 1. The van der Waals surface area contributed by atoms with E-state index in [1.807, 2.05) is 6.07 Å². The quantitative estimate of drug-likeness (QED) is 0.357. The van der Waals surface area contributed by atoms with Gasteiger partial charge in [0, 0.05) is 10.6 Å². The highest BCUT2D eigenvalue weighted by Gasteiger charge is 2.16. The maximum absolute atomic E-state index is 12.2. The second-order valence-corrected chi connectivity index (χ2v) is 4.85. The monoisotopic (exact) mass is 320 g/mol. The Balaban J connectivity index is 2.26. The lowest BCUT2D eigenvalue weighted by Crippen LogP contribution is -2.02. The van der Waals surface area contributed by atoms with Crippen LogP contribution in [0.2, 0.25) is 10.0 Å². The lowest BCUT2D eigenvalue weighted by Gasteiger charge is -2.03. The molecule has 0 spiro atoms. The Labute approximate surface area is 131 Å². The van der Waals surface area contributed by atoms with E-state index in [0.717, 1.165) is 0 Å². The van der Waals surface area contributed by atoms with E-state index in [1.54, 1.807) is 24.3 Å². The number of nitrogens with zero attached hydrogens (tertiary/aromatic N) is 2. The molecule has 0 aliphatic carbocycles. The standard InChI is InChI=1S/C15H10Cl2N2O2/c16-10-6-7-12(13(17)8-10)15(21)14(9-20)19-18-11-4-2-1-3-5-11/h1-9,20H. The molecule has 0 fully saturated rings. The van der Waals surface area contributed by atoms with Gasteiger partial charge in [0.05, 0.1) is 10.7 Å². The van der Waals surface area contributed by atoms with Crippen LogP contribution in [0, 0.1) is 0 Å². The summed E-state index contributed by atoms with van der Waals surface area (Å²) in [4.78, 5) is 12.2. The molecule has 0 heterocycles. The Morgan fingerprint density at radius 2 is 1.81 bits per heavy atom. The summed E-state index contributed by atoms with van der Waals surface area (Å²) in [6.07, 6.45) is 0.597. The van der Waals surface area contributed by atoms with Crippen LogP contribution in [0.15, 0.2) is 70.7 Å². The number of hydrogen-bond donors (Lipinski definition) is 1. The highest BCUT2D eigenvalue weighted by molar-refractivity contribution is 6.37. The molecule has 0 saturated heterocycles. The van der Waals surface area contributed by atoms with Gasteiger partial charge in [-0.05, 0) is 30.3 Å². The van der Waals surface area contributed by atoms with Gasteiger partial charge in [0.2, 0.25) is 5.78 Å². The van der Waals surface area contributed by atoms with Crippen LogP contribution in [0.1, 0.15) is 10.4 Å². The van der Waals surface area contributed by atoms with E-state index >= 15 is 0 Å². The summed E-state index contributed by atoms with van der Waals surface area (Å²) < 4.78 is 0. The number of benzene rings is 2. The molecule has 0 unspecified atom stereocenters. The van der Waals surface area contributed by atoms with Gasteiger partial charge in [-0.1, -0.05) is 41.4 Å². The fourth-order valence-electron chi connectivity index (χ4n) is 1.55. The van der Waals surface area contributed by atoms with Gasteiger partial charge in [-0.25, -0.2) is 0 Å². The van der Waals surface area contributed by atoms with Crippen LogP contribution in [0.25, 0.3) is 0 Å². The van der Waals surface area contributed by atoms with Crippen molar-refractivity contribution in [1.82, 2.24) is 0 Å². The second kappa shape index (κ2) is 7.02. The topological polar surface area (TPSA) is 62.0 Å². The first-order valence-electron chi connectivity index (χ1n) is 5.92. The van der Waals surface area contributed by atoms with Crippen molar-refractivity contribution in [3.63, 3.8) is 0 Å². The average molecular weight is 321 g/mol. The van der Waals surface area contributed by atoms with E-state index in [4.69, 9.17) is 23.2 Å². The van der Waals surface area contributed by atoms with Crippen LogP contribution in [-0.4, -0.2) is 10.9 Å². The second-order valence-electron chi connectivity index (χ2n) is 4.00. The number of carbonyl (C=O) groups excluding carboxylic acids is 1. The van der Waals surface area contributed by atoms with Crippen molar-refractivity contribution in [3.05, 3.63) is 76.1 Å². The number of hydrogen-bond acceptors (Lipinski definition) is 4. The van der Waals surface area contributed by atoms with Crippen LogP contribution in [0.4, 0.5) is 5.69 Å². The molecule has 2 aromatic carbocycles. The minimum Gasteiger partial charge on any atom is -0.513 e. The first kappa shape index (κ1) is 15.2. The first-order chi connectivity index (χ1) is 10.1. The van der Waals surface area contributed by atoms with Gasteiger partial charge in [0.1, 0.15) is 6.26 Å². The van der Waals surface area contributed by atoms with Gasteiger partial charge in [0.25, 0.3) is 0 Å². The van der Waals surface area contributed by atoms with Crippen molar-refractivity contribution in [1.29, 1.82) is 0 Å². The average Bonchev–Trinajstić information content (AvgIpc) is 2.48. The highest BCUT2D eigenvalue weighted by Crippen LogP contribution is 2.24. The third-order valence-corrected chi connectivity index (χ3v) is 3.11. The van der Waals surface area contributed by atoms with Crippen LogP contribution < -0.4 is 0 Å². The molecule has 0 amide bonds. The Morgan fingerprint density at radius 3 is 2.43 bits per heavy atom. The number of halogens is 2. The molecule has 4 nitrogen and oxygen atoms in total. The number of aliphatic hydroxyl groups excluding tert-OH is 1. The minimum atomic E-state index is -0.543. The summed E-state index contributed by atoms with van der Waals surface area (Å²) >= 11 is 11.7. The smallest absolute Gasteiger partial charge is 0.217 e. The van der Waals surface area contributed by atoms with Crippen LogP contribution in [-0.2, 0) is 0 Å². The summed E-state index contributed by atoms with van der Waals surface area (Å²) in [5, 5.41) is 17.4. The van der Waals surface area contributed by atoms with Crippen molar-refractivity contribution < 1.29 is 9.90 Å². The van der Waals surface area contributed by atoms with E-state index < -0.39 is 5.78 Å². The Bertz CT molecular complexity index is 713. The summed E-state index contributed by atoms with van der Waals surface area (Å²) in [6, 6.07) is 13.3. The maximum Gasteiger partial charge on any atom is 0.217 e.